The molecule has 1 unspecified atom stereocenters. The van der Waals surface area contributed by atoms with Crippen LogP contribution in [0.2, 0.25) is 6.32 Å². The van der Waals surface area contributed by atoms with Crippen LogP contribution in [0.15, 0.2) is 0 Å². The number of hydrogen-bond donors (Lipinski definition) is 0. The minimum atomic E-state index is 0.865. The Morgan fingerprint density at radius 3 is 2.88 bits per heavy atom. The van der Waals surface area contributed by atoms with Crippen LogP contribution in [0.25, 0.3) is 0 Å². The summed E-state index contributed by atoms with van der Waals surface area (Å²) in [7, 11) is 2.24. The smallest absolute Gasteiger partial charge is 0.101 e. The predicted molar refractivity (Wildman–Crippen MR) is 36.9 cm³/mol. The molecule has 0 bridgehead atoms. The molecule has 0 N–H and O–H groups in total. The van der Waals surface area contributed by atoms with Crippen molar-refractivity contribution in [2.24, 2.45) is 5.92 Å². The maximum atomic E-state index is 5.27. The van der Waals surface area contributed by atoms with Gasteiger partial charge in [0.25, 0.3) is 0 Å². The molecule has 46 valence electrons. The Morgan fingerprint density at radius 1 is 1.62 bits per heavy atom. The third kappa shape index (κ3) is 1.51. The second-order valence-corrected chi connectivity index (χ2v) is 2.49. The molecule has 1 nitrogen and oxygen atoms in total. The first-order chi connectivity index (χ1) is 3.93. The molecule has 1 atom stereocenters. The van der Waals surface area contributed by atoms with E-state index in [9.17, 15) is 0 Å². The van der Waals surface area contributed by atoms with Crippen LogP contribution < -0.4 is 0 Å². The first kappa shape index (κ1) is 6.15. The summed E-state index contributed by atoms with van der Waals surface area (Å²) < 4.78 is 5.27. The summed E-state index contributed by atoms with van der Waals surface area (Å²) in [6.45, 7) is 2.01. The molecule has 1 aliphatic rings. The van der Waals surface area contributed by atoms with Crippen LogP contribution in [0.1, 0.15) is 12.8 Å². The zero-order valence-corrected chi connectivity index (χ0v) is 5.52. The van der Waals surface area contributed by atoms with Crippen LogP contribution >= 0.6 is 0 Å². The van der Waals surface area contributed by atoms with Crippen molar-refractivity contribution in [2.75, 3.05) is 13.2 Å². The van der Waals surface area contributed by atoms with Crippen LogP contribution in [0.4, 0.5) is 0 Å². The van der Waals surface area contributed by atoms with Crippen LogP contribution in [0, 0.1) is 5.92 Å². The standard InChI is InChI=1S/C6H13BO/c7-4-6-2-1-3-8-5-6/h6H,1-5,7H2. The van der Waals surface area contributed by atoms with Gasteiger partial charge < -0.3 is 4.74 Å². The van der Waals surface area contributed by atoms with Crippen molar-refractivity contribution in [3.05, 3.63) is 0 Å². The Morgan fingerprint density at radius 2 is 2.50 bits per heavy atom. The van der Waals surface area contributed by atoms with Crippen molar-refractivity contribution in [3.63, 3.8) is 0 Å². The summed E-state index contributed by atoms with van der Waals surface area (Å²) in [5.41, 5.74) is 0. The molecule has 8 heavy (non-hydrogen) atoms. The summed E-state index contributed by atoms with van der Waals surface area (Å²) in [5, 5.41) is 0. The van der Waals surface area contributed by atoms with Gasteiger partial charge in [-0.2, -0.15) is 0 Å². The third-order valence-electron chi connectivity index (χ3n) is 1.83. The molecule has 1 fully saturated rings. The van der Waals surface area contributed by atoms with Gasteiger partial charge in [0.15, 0.2) is 0 Å². The van der Waals surface area contributed by atoms with Gasteiger partial charge in [0, 0.05) is 13.2 Å². The first-order valence-electron chi connectivity index (χ1n) is 3.51. The van der Waals surface area contributed by atoms with Gasteiger partial charge in [-0.1, -0.05) is 6.32 Å². The fraction of sp³-hybridized carbons (Fsp3) is 1.00. The van der Waals surface area contributed by atoms with E-state index in [2.05, 4.69) is 7.85 Å². The van der Waals surface area contributed by atoms with E-state index in [0.29, 0.717) is 0 Å². The van der Waals surface area contributed by atoms with Gasteiger partial charge in [-0.15, -0.1) is 0 Å². The van der Waals surface area contributed by atoms with Gasteiger partial charge in [-0.3, -0.25) is 0 Å². The lowest BCUT2D eigenvalue weighted by Crippen LogP contribution is -2.16. The lowest BCUT2D eigenvalue weighted by Gasteiger charge is -2.19. The highest BCUT2D eigenvalue weighted by atomic mass is 16.5. The highest BCUT2D eigenvalue weighted by Crippen LogP contribution is 2.15. The third-order valence-corrected chi connectivity index (χ3v) is 1.83. The quantitative estimate of drug-likeness (QED) is 0.448. The fourth-order valence-electron chi connectivity index (χ4n) is 1.13. The van der Waals surface area contributed by atoms with Crippen molar-refractivity contribution in [3.8, 4) is 0 Å². The van der Waals surface area contributed by atoms with E-state index in [1.807, 2.05) is 0 Å². The molecule has 2 heteroatoms. The molecule has 0 aromatic rings. The molecule has 0 spiro atoms. The van der Waals surface area contributed by atoms with Crippen molar-refractivity contribution >= 4 is 7.85 Å². The largest absolute Gasteiger partial charge is 0.381 e. The maximum Gasteiger partial charge on any atom is 0.101 e. The molecule has 1 heterocycles. The molecular weight excluding hydrogens is 98.9 g/mol. The lowest BCUT2D eigenvalue weighted by molar-refractivity contribution is 0.0618. The van der Waals surface area contributed by atoms with E-state index in [0.717, 1.165) is 19.1 Å². The Kier molecular flexibility index (Phi) is 2.41. The van der Waals surface area contributed by atoms with Gasteiger partial charge >= 0.3 is 0 Å². The first-order valence-corrected chi connectivity index (χ1v) is 3.51. The molecule has 1 rings (SSSR count). The highest BCUT2D eigenvalue weighted by molar-refractivity contribution is 6.08. The lowest BCUT2D eigenvalue weighted by atomic mass is 9.87. The topological polar surface area (TPSA) is 9.23 Å². The summed E-state index contributed by atoms with van der Waals surface area (Å²) in [6.07, 6.45) is 3.95. The van der Waals surface area contributed by atoms with Crippen LogP contribution in [-0.2, 0) is 4.74 Å². The molecule has 0 radical (unpaired) electrons. The minimum absolute atomic E-state index is 0.865. The molecule has 0 aromatic carbocycles. The van der Waals surface area contributed by atoms with E-state index in [4.69, 9.17) is 4.74 Å². The monoisotopic (exact) mass is 112 g/mol. The minimum Gasteiger partial charge on any atom is -0.381 e. The van der Waals surface area contributed by atoms with Crippen molar-refractivity contribution < 1.29 is 4.74 Å². The zero-order valence-electron chi connectivity index (χ0n) is 5.52. The van der Waals surface area contributed by atoms with Gasteiger partial charge in [0.05, 0.1) is 0 Å². The summed E-state index contributed by atoms with van der Waals surface area (Å²) in [4.78, 5) is 0. The second kappa shape index (κ2) is 3.13. The van der Waals surface area contributed by atoms with Crippen molar-refractivity contribution in [1.82, 2.24) is 0 Å². The van der Waals surface area contributed by atoms with E-state index >= 15 is 0 Å². The maximum absolute atomic E-state index is 5.27. The molecular formula is C6H13BO. The van der Waals surface area contributed by atoms with Gasteiger partial charge in [-0.25, -0.2) is 0 Å². The molecule has 1 aliphatic heterocycles. The van der Waals surface area contributed by atoms with Crippen molar-refractivity contribution in [1.29, 1.82) is 0 Å². The Bertz CT molecular complexity index is 59.5. The van der Waals surface area contributed by atoms with Gasteiger partial charge in [-0.05, 0) is 18.8 Å². The Labute approximate surface area is 51.8 Å². The second-order valence-electron chi connectivity index (χ2n) is 2.49. The predicted octanol–water partition coefficient (Wildman–Crippen LogP) is 0.464. The average Bonchev–Trinajstić information content (AvgIpc) is 1.90. The normalized spacial score (nSPS) is 30.2. The molecule has 0 aliphatic carbocycles. The van der Waals surface area contributed by atoms with E-state index in [1.165, 1.54) is 19.2 Å². The number of hydrogen-bond acceptors (Lipinski definition) is 1. The summed E-state index contributed by atoms with van der Waals surface area (Å²) in [5.74, 6) is 0.865. The molecule has 0 aromatic heterocycles. The van der Waals surface area contributed by atoms with Crippen molar-refractivity contribution in [2.45, 2.75) is 19.2 Å². The van der Waals surface area contributed by atoms with Crippen LogP contribution in [-0.4, -0.2) is 21.1 Å². The van der Waals surface area contributed by atoms with Gasteiger partial charge in [0.1, 0.15) is 7.85 Å². The number of rotatable bonds is 1. The Balaban J connectivity index is 2.13. The van der Waals surface area contributed by atoms with Crippen LogP contribution in [0.3, 0.4) is 0 Å². The molecule has 1 saturated heterocycles. The highest BCUT2D eigenvalue weighted by Gasteiger charge is 2.09. The van der Waals surface area contributed by atoms with Crippen LogP contribution in [0.5, 0.6) is 0 Å². The SMILES string of the molecule is BCC1CCCOC1. The Hall–Kier alpha value is 0.0249. The fourth-order valence-corrected chi connectivity index (χ4v) is 1.13. The van der Waals surface area contributed by atoms with E-state index in [1.54, 1.807) is 0 Å². The number of ether oxygens (including phenoxy) is 1. The van der Waals surface area contributed by atoms with E-state index < -0.39 is 0 Å². The van der Waals surface area contributed by atoms with E-state index in [-0.39, 0.29) is 0 Å². The average molecular weight is 112 g/mol. The molecule has 0 saturated carbocycles. The summed E-state index contributed by atoms with van der Waals surface area (Å²) >= 11 is 0. The summed E-state index contributed by atoms with van der Waals surface area (Å²) in [6, 6.07) is 0. The zero-order chi connectivity index (χ0) is 5.82. The van der Waals surface area contributed by atoms with Gasteiger partial charge in [0.2, 0.25) is 0 Å². The molecule has 0 amide bonds.